The lowest BCUT2D eigenvalue weighted by atomic mass is 10.1. The molecule has 0 bridgehead atoms. The number of primary amides is 1. The number of aryl methyl sites for hydroxylation is 1. The number of urea groups is 1. The average Bonchev–Trinajstić information content (AvgIpc) is 3.35. The molecule has 1 fully saturated rings. The third-order valence-corrected chi connectivity index (χ3v) is 4.42. The van der Waals surface area contributed by atoms with Crippen LogP contribution in [0.15, 0.2) is 11.6 Å². The number of carbonyl (C=O) groups excluding carboxylic acids is 3. The van der Waals surface area contributed by atoms with Crippen LogP contribution in [0, 0.1) is 31.1 Å². The summed E-state index contributed by atoms with van der Waals surface area (Å²) < 4.78 is 7.38. The van der Waals surface area contributed by atoms with Gasteiger partial charge in [-0.1, -0.05) is 13.8 Å². The molecule has 0 saturated heterocycles. The number of nitrogens with two attached hydrogens (primary N) is 1. The Labute approximate surface area is 158 Å². The number of nitrogens with one attached hydrogen (secondary N) is 1. The van der Waals surface area contributed by atoms with Gasteiger partial charge in [0, 0.05) is 17.4 Å². The molecule has 0 aliphatic heterocycles. The number of rotatable bonds is 6. The number of hydrogen-bond donors (Lipinski definition) is 2. The van der Waals surface area contributed by atoms with Crippen LogP contribution in [0.3, 0.4) is 0 Å². The van der Waals surface area contributed by atoms with Gasteiger partial charge < -0.3 is 15.0 Å². The Bertz CT molecular complexity index is 841. The van der Waals surface area contributed by atoms with Gasteiger partial charge in [0.1, 0.15) is 11.6 Å². The van der Waals surface area contributed by atoms with Crippen molar-refractivity contribution in [3.05, 3.63) is 28.6 Å². The SMILES string of the molecule is Cc1cc(/C=C(\C#N)C(=O)O[C@@H](C(=O)NC(N)=O)C(C)C)c(C)n1C1CC1. The maximum atomic E-state index is 12.4. The summed E-state index contributed by atoms with van der Waals surface area (Å²) in [5.74, 6) is -2.16. The topological polar surface area (TPSA) is 127 Å². The van der Waals surface area contributed by atoms with Gasteiger partial charge in [-0.25, -0.2) is 9.59 Å². The Kier molecular flexibility index (Phi) is 6.05. The summed E-state index contributed by atoms with van der Waals surface area (Å²) >= 11 is 0. The van der Waals surface area contributed by atoms with Gasteiger partial charge in [-0.05, 0) is 50.3 Å². The van der Waals surface area contributed by atoms with Crippen LogP contribution in [0.25, 0.3) is 6.08 Å². The predicted octanol–water partition coefficient (Wildman–Crippen LogP) is 2.11. The van der Waals surface area contributed by atoms with Crippen molar-refractivity contribution in [2.24, 2.45) is 11.7 Å². The normalized spacial score (nSPS) is 15.2. The first kappa shape index (κ1) is 20.2. The zero-order valence-corrected chi connectivity index (χ0v) is 15.9. The summed E-state index contributed by atoms with van der Waals surface area (Å²) in [6.45, 7) is 7.22. The van der Waals surface area contributed by atoms with Crippen molar-refractivity contribution in [2.75, 3.05) is 0 Å². The minimum absolute atomic E-state index is 0.219. The van der Waals surface area contributed by atoms with Crippen molar-refractivity contribution in [1.29, 1.82) is 5.26 Å². The van der Waals surface area contributed by atoms with E-state index in [1.54, 1.807) is 13.8 Å². The molecule has 3 amide bonds. The number of ether oxygens (including phenoxy) is 1. The van der Waals surface area contributed by atoms with E-state index in [1.165, 1.54) is 6.08 Å². The average molecular weight is 372 g/mol. The predicted molar refractivity (Wildman–Crippen MR) is 98.2 cm³/mol. The van der Waals surface area contributed by atoms with Crippen molar-refractivity contribution in [3.8, 4) is 6.07 Å². The lowest BCUT2D eigenvalue weighted by Gasteiger charge is -2.19. The Balaban J connectivity index is 2.23. The number of imide groups is 1. The lowest BCUT2D eigenvalue weighted by molar-refractivity contribution is -0.154. The number of nitriles is 1. The van der Waals surface area contributed by atoms with Crippen molar-refractivity contribution in [3.63, 3.8) is 0 Å². The highest BCUT2D eigenvalue weighted by molar-refractivity contribution is 6.01. The van der Waals surface area contributed by atoms with Gasteiger partial charge in [-0.2, -0.15) is 5.26 Å². The smallest absolute Gasteiger partial charge is 0.349 e. The molecule has 1 saturated carbocycles. The molecular formula is C19H24N4O4. The molecule has 0 unspecified atom stereocenters. The molecule has 1 atom stereocenters. The molecule has 0 spiro atoms. The van der Waals surface area contributed by atoms with Gasteiger partial charge in [0.05, 0.1) is 0 Å². The zero-order chi connectivity index (χ0) is 20.3. The fourth-order valence-electron chi connectivity index (χ4n) is 3.00. The van der Waals surface area contributed by atoms with Crippen LogP contribution < -0.4 is 11.1 Å². The highest BCUT2D eigenvalue weighted by Crippen LogP contribution is 2.38. The molecule has 8 heteroatoms. The van der Waals surface area contributed by atoms with Crippen LogP contribution in [-0.4, -0.2) is 28.6 Å². The van der Waals surface area contributed by atoms with Crippen molar-refractivity contribution < 1.29 is 19.1 Å². The molecular weight excluding hydrogens is 348 g/mol. The van der Waals surface area contributed by atoms with Crippen molar-refractivity contribution >= 4 is 24.0 Å². The number of aromatic nitrogens is 1. The van der Waals surface area contributed by atoms with E-state index in [-0.39, 0.29) is 5.57 Å². The Morgan fingerprint density at radius 3 is 2.48 bits per heavy atom. The highest BCUT2D eigenvalue weighted by Gasteiger charge is 2.30. The summed E-state index contributed by atoms with van der Waals surface area (Å²) in [7, 11) is 0. The third kappa shape index (κ3) is 4.76. The first-order valence-electron chi connectivity index (χ1n) is 8.77. The van der Waals surface area contributed by atoms with Crippen LogP contribution in [0.5, 0.6) is 0 Å². The van der Waals surface area contributed by atoms with Gasteiger partial charge in [-0.3, -0.25) is 10.1 Å². The standard InChI is InChI=1S/C19H24N4O4/c1-10(2)16(17(24)22-19(21)26)27-18(25)14(9-20)8-13-7-11(3)23(12(13)4)15-5-6-15/h7-8,10,15-16H,5-6H2,1-4H3,(H3,21,22,24,26)/b14-8+/t16-/m1/s1. The second-order valence-electron chi connectivity index (χ2n) is 7.02. The van der Waals surface area contributed by atoms with Gasteiger partial charge >= 0.3 is 12.0 Å². The second-order valence-corrected chi connectivity index (χ2v) is 7.02. The van der Waals surface area contributed by atoms with Crippen LogP contribution >= 0.6 is 0 Å². The zero-order valence-electron chi connectivity index (χ0n) is 15.9. The second kappa shape index (κ2) is 8.08. The largest absolute Gasteiger partial charge is 0.448 e. The quantitative estimate of drug-likeness (QED) is 0.449. The fraction of sp³-hybridized carbons (Fsp3) is 0.474. The molecule has 0 aromatic carbocycles. The van der Waals surface area contributed by atoms with Gasteiger partial charge in [0.15, 0.2) is 6.10 Å². The molecule has 1 aromatic rings. The first-order valence-corrected chi connectivity index (χ1v) is 8.77. The van der Waals surface area contributed by atoms with E-state index in [0.29, 0.717) is 6.04 Å². The lowest BCUT2D eigenvalue weighted by Crippen LogP contribution is -2.45. The Hall–Kier alpha value is -3.08. The van der Waals surface area contributed by atoms with Crippen LogP contribution in [0.4, 0.5) is 4.79 Å². The van der Waals surface area contributed by atoms with Gasteiger partial charge in [0.25, 0.3) is 5.91 Å². The maximum Gasteiger partial charge on any atom is 0.349 e. The van der Waals surface area contributed by atoms with Gasteiger partial charge in [-0.15, -0.1) is 0 Å². The molecule has 1 aliphatic rings. The molecule has 3 N–H and O–H groups in total. The molecule has 1 heterocycles. The number of esters is 1. The molecule has 8 nitrogen and oxygen atoms in total. The molecule has 1 aliphatic carbocycles. The summed E-state index contributed by atoms with van der Waals surface area (Å²) in [6, 6.07) is 3.19. The van der Waals surface area contributed by atoms with Gasteiger partial charge in [0.2, 0.25) is 0 Å². The molecule has 144 valence electrons. The summed E-state index contributed by atoms with van der Waals surface area (Å²) in [5.41, 5.74) is 7.51. The third-order valence-electron chi connectivity index (χ3n) is 4.42. The first-order chi connectivity index (χ1) is 12.6. The van der Waals surface area contributed by atoms with Crippen molar-refractivity contribution in [2.45, 2.75) is 52.7 Å². The Morgan fingerprint density at radius 1 is 1.37 bits per heavy atom. The number of amides is 3. The van der Waals surface area contributed by atoms with Crippen LogP contribution in [0.2, 0.25) is 0 Å². The molecule has 27 heavy (non-hydrogen) atoms. The number of nitrogens with zero attached hydrogens (tertiary/aromatic N) is 2. The van der Waals surface area contributed by atoms with Crippen LogP contribution in [-0.2, 0) is 14.3 Å². The molecule has 2 rings (SSSR count). The van der Waals surface area contributed by atoms with E-state index in [2.05, 4.69) is 4.57 Å². The van der Waals surface area contributed by atoms with E-state index in [0.717, 1.165) is 29.8 Å². The minimum atomic E-state index is -1.24. The van der Waals surface area contributed by atoms with Crippen LogP contribution in [0.1, 0.15) is 49.7 Å². The Morgan fingerprint density at radius 2 is 2.00 bits per heavy atom. The minimum Gasteiger partial charge on any atom is -0.448 e. The summed E-state index contributed by atoms with van der Waals surface area (Å²) in [6.07, 6.45) is 2.48. The van der Waals surface area contributed by atoms with E-state index in [4.69, 9.17) is 10.5 Å². The number of hydrogen-bond acceptors (Lipinski definition) is 5. The maximum absolute atomic E-state index is 12.4. The van der Waals surface area contributed by atoms with E-state index in [1.807, 2.05) is 31.3 Å². The summed E-state index contributed by atoms with van der Waals surface area (Å²) in [5, 5.41) is 11.3. The van der Waals surface area contributed by atoms with E-state index < -0.39 is 29.9 Å². The van der Waals surface area contributed by atoms with E-state index >= 15 is 0 Å². The molecule has 0 radical (unpaired) electrons. The highest BCUT2D eigenvalue weighted by atomic mass is 16.5. The number of carbonyl (C=O) groups is 3. The summed E-state index contributed by atoms with van der Waals surface area (Å²) in [4.78, 5) is 35.3. The fourth-order valence-corrected chi connectivity index (χ4v) is 3.00. The van der Waals surface area contributed by atoms with Crippen molar-refractivity contribution in [1.82, 2.24) is 9.88 Å². The molecule has 1 aromatic heterocycles. The van der Waals surface area contributed by atoms with E-state index in [9.17, 15) is 19.6 Å². The monoisotopic (exact) mass is 372 g/mol.